The van der Waals surface area contributed by atoms with Crippen LogP contribution >= 0.6 is 11.6 Å². The zero-order valence-corrected chi connectivity index (χ0v) is 19.4. The van der Waals surface area contributed by atoms with Gasteiger partial charge in [0.05, 0.1) is 18.1 Å². The molecule has 0 fully saturated rings. The van der Waals surface area contributed by atoms with Crippen LogP contribution in [0.15, 0.2) is 67.1 Å². The van der Waals surface area contributed by atoms with Gasteiger partial charge in [-0.15, -0.1) is 0 Å². The molecule has 0 spiro atoms. The Morgan fingerprint density at radius 2 is 1.79 bits per heavy atom. The maximum atomic E-state index is 12.9. The lowest BCUT2D eigenvalue weighted by Gasteiger charge is -2.10. The Morgan fingerprint density at radius 3 is 2.53 bits per heavy atom. The molecule has 2 amide bonds. The van der Waals surface area contributed by atoms with Gasteiger partial charge in [-0.3, -0.25) is 19.0 Å². The molecular formula is C24H23ClN6O3. The first kappa shape index (κ1) is 23.1. The van der Waals surface area contributed by atoms with E-state index in [0.717, 1.165) is 11.1 Å². The first-order valence-electron chi connectivity index (χ1n) is 10.5. The van der Waals surface area contributed by atoms with Crippen molar-refractivity contribution in [3.8, 4) is 5.75 Å². The van der Waals surface area contributed by atoms with E-state index in [1.165, 1.54) is 10.9 Å². The maximum Gasteiger partial charge on any atom is 0.271 e. The molecule has 0 bridgehead atoms. The number of hydrogen-bond donors (Lipinski definition) is 2. The van der Waals surface area contributed by atoms with Crippen molar-refractivity contribution in [2.75, 3.05) is 5.32 Å². The fraction of sp³-hybridized carbons (Fsp3) is 0.167. The molecule has 4 rings (SSSR count). The summed E-state index contributed by atoms with van der Waals surface area (Å²) in [6, 6.07) is 14.1. The van der Waals surface area contributed by atoms with Crippen LogP contribution in [0.5, 0.6) is 5.75 Å². The third-order valence-corrected chi connectivity index (χ3v) is 5.27. The number of ether oxygens (including phenoxy) is 1. The summed E-state index contributed by atoms with van der Waals surface area (Å²) in [4.78, 5) is 25.7. The Bertz CT molecular complexity index is 1310. The number of aryl methyl sites for hydroxylation is 2. The van der Waals surface area contributed by atoms with Crippen LogP contribution in [-0.4, -0.2) is 31.4 Å². The molecule has 0 saturated heterocycles. The quantitative estimate of drug-likeness (QED) is 0.403. The maximum absolute atomic E-state index is 12.9. The second-order valence-electron chi connectivity index (χ2n) is 7.63. The summed E-state index contributed by atoms with van der Waals surface area (Å²) in [5, 5.41) is 14.4. The van der Waals surface area contributed by atoms with Gasteiger partial charge in [0.2, 0.25) is 0 Å². The summed E-state index contributed by atoms with van der Waals surface area (Å²) in [5.41, 5.74) is 2.69. The minimum Gasteiger partial charge on any atom is -0.489 e. The number of aromatic nitrogens is 4. The van der Waals surface area contributed by atoms with Gasteiger partial charge in [-0.2, -0.15) is 10.2 Å². The molecule has 4 aromatic rings. The second-order valence-corrected chi connectivity index (χ2v) is 8.07. The molecule has 2 heterocycles. The summed E-state index contributed by atoms with van der Waals surface area (Å²) in [7, 11) is 3.45. The Hall–Kier alpha value is -4.11. The van der Waals surface area contributed by atoms with Crippen molar-refractivity contribution < 1.29 is 14.3 Å². The molecule has 0 aliphatic rings. The summed E-state index contributed by atoms with van der Waals surface area (Å²) in [6.45, 7) is 0.596. The molecule has 34 heavy (non-hydrogen) atoms. The topological polar surface area (TPSA) is 103 Å². The molecule has 0 aliphatic carbocycles. The lowest BCUT2D eigenvalue weighted by Crippen LogP contribution is -2.26. The minimum absolute atomic E-state index is 0.250. The van der Waals surface area contributed by atoms with E-state index in [-0.39, 0.29) is 24.1 Å². The van der Waals surface area contributed by atoms with Crippen LogP contribution in [0.3, 0.4) is 0 Å². The fourth-order valence-electron chi connectivity index (χ4n) is 3.32. The molecule has 0 unspecified atom stereocenters. The number of amides is 2. The van der Waals surface area contributed by atoms with Crippen molar-refractivity contribution in [2.24, 2.45) is 14.1 Å². The van der Waals surface area contributed by atoms with E-state index in [1.807, 2.05) is 12.3 Å². The van der Waals surface area contributed by atoms with E-state index in [2.05, 4.69) is 20.8 Å². The van der Waals surface area contributed by atoms with Crippen molar-refractivity contribution in [3.63, 3.8) is 0 Å². The van der Waals surface area contributed by atoms with Crippen molar-refractivity contribution >= 4 is 29.1 Å². The van der Waals surface area contributed by atoms with Gasteiger partial charge < -0.3 is 15.4 Å². The SMILES string of the molecule is Cn1cc(CNC(=O)c2c(NC(=O)c3cccc(COc4ccc(Cl)cc4)c3)cnn2C)cn1. The normalized spacial score (nSPS) is 10.7. The van der Waals surface area contributed by atoms with Crippen LogP contribution < -0.4 is 15.4 Å². The summed E-state index contributed by atoms with van der Waals surface area (Å²) in [6.07, 6.45) is 4.94. The molecular weight excluding hydrogens is 456 g/mol. The number of anilines is 1. The van der Waals surface area contributed by atoms with E-state index < -0.39 is 0 Å². The zero-order valence-electron chi connectivity index (χ0n) is 18.7. The smallest absolute Gasteiger partial charge is 0.271 e. The Kier molecular flexibility index (Phi) is 6.93. The minimum atomic E-state index is -0.359. The number of hydrogen-bond acceptors (Lipinski definition) is 5. The number of nitrogens with one attached hydrogen (secondary N) is 2. The third-order valence-electron chi connectivity index (χ3n) is 5.02. The van der Waals surface area contributed by atoms with E-state index in [4.69, 9.17) is 16.3 Å². The molecule has 0 aliphatic heterocycles. The van der Waals surface area contributed by atoms with Gasteiger partial charge in [-0.05, 0) is 42.0 Å². The molecule has 2 aromatic heterocycles. The lowest BCUT2D eigenvalue weighted by atomic mass is 10.1. The Morgan fingerprint density at radius 1 is 1.00 bits per heavy atom. The predicted molar refractivity (Wildman–Crippen MR) is 128 cm³/mol. The van der Waals surface area contributed by atoms with Gasteiger partial charge in [0.15, 0.2) is 0 Å². The predicted octanol–water partition coefficient (Wildman–Crippen LogP) is 3.57. The highest BCUT2D eigenvalue weighted by molar-refractivity contribution is 6.30. The number of rotatable bonds is 8. The zero-order chi connectivity index (χ0) is 24.1. The van der Waals surface area contributed by atoms with Crippen molar-refractivity contribution in [1.29, 1.82) is 0 Å². The highest BCUT2D eigenvalue weighted by Gasteiger charge is 2.19. The van der Waals surface area contributed by atoms with Crippen LogP contribution in [0.1, 0.15) is 32.0 Å². The molecule has 9 nitrogen and oxygen atoms in total. The third kappa shape index (κ3) is 5.62. The van der Waals surface area contributed by atoms with E-state index in [1.54, 1.807) is 67.4 Å². The number of benzene rings is 2. The lowest BCUT2D eigenvalue weighted by molar-refractivity contribution is 0.0942. The molecule has 0 radical (unpaired) electrons. The average Bonchev–Trinajstić information content (AvgIpc) is 3.42. The summed E-state index contributed by atoms with van der Waals surface area (Å²) >= 11 is 5.90. The highest BCUT2D eigenvalue weighted by atomic mass is 35.5. The standard InChI is InChI=1S/C24H23ClN6O3/c1-30-14-17(12-27-30)11-26-24(33)22-21(13-28-31(22)2)29-23(32)18-5-3-4-16(10-18)15-34-20-8-6-19(25)7-9-20/h3-10,12-14H,11,15H2,1-2H3,(H,26,33)(H,29,32). The van der Waals surface area contributed by atoms with Gasteiger partial charge in [-0.1, -0.05) is 23.7 Å². The van der Waals surface area contributed by atoms with E-state index >= 15 is 0 Å². The van der Waals surface area contributed by atoms with Gasteiger partial charge in [0.25, 0.3) is 11.8 Å². The van der Waals surface area contributed by atoms with Crippen LogP contribution in [0.4, 0.5) is 5.69 Å². The van der Waals surface area contributed by atoms with Crippen LogP contribution in [0.25, 0.3) is 0 Å². The molecule has 0 atom stereocenters. The van der Waals surface area contributed by atoms with Crippen LogP contribution in [-0.2, 0) is 27.2 Å². The van der Waals surface area contributed by atoms with Crippen molar-refractivity contribution in [1.82, 2.24) is 24.9 Å². The first-order valence-corrected chi connectivity index (χ1v) is 10.8. The van der Waals surface area contributed by atoms with Gasteiger partial charge in [0, 0.05) is 43.0 Å². The Balaban J connectivity index is 1.41. The number of nitrogens with zero attached hydrogens (tertiary/aromatic N) is 4. The van der Waals surface area contributed by atoms with Crippen molar-refractivity contribution in [2.45, 2.75) is 13.2 Å². The van der Waals surface area contributed by atoms with E-state index in [9.17, 15) is 9.59 Å². The van der Waals surface area contributed by atoms with Crippen molar-refractivity contribution in [3.05, 3.63) is 94.5 Å². The molecule has 2 aromatic carbocycles. The first-order chi connectivity index (χ1) is 16.4. The van der Waals surface area contributed by atoms with Crippen LogP contribution in [0, 0.1) is 0 Å². The van der Waals surface area contributed by atoms with Gasteiger partial charge in [0.1, 0.15) is 18.1 Å². The summed E-state index contributed by atoms with van der Waals surface area (Å²) in [5.74, 6) is -0.0385. The molecule has 2 N–H and O–H groups in total. The summed E-state index contributed by atoms with van der Waals surface area (Å²) < 4.78 is 8.84. The number of halogens is 1. The molecule has 0 saturated carbocycles. The highest BCUT2D eigenvalue weighted by Crippen LogP contribution is 2.19. The molecule has 174 valence electrons. The Labute approximate surface area is 201 Å². The monoisotopic (exact) mass is 478 g/mol. The van der Waals surface area contributed by atoms with Gasteiger partial charge in [-0.25, -0.2) is 0 Å². The van der Waals surface area contributed by atoms with Crippen LogP contribution in [0.2, 0.25) is 5.02 Å². The number of carbonyl (C=O) groups is 2. The van der Waals surface area contributed by atoms with Gasteiger partial charge >= 0.3 is 0 Å². The second kappa shape index (κ2) is 10.2. The average molecular weight is 479 g/mol. The number of carbonyl (C=O) groups excluding carboxylic acids is 2. The largest absolute Gasteiger partial charge is 0.489 e. The van der Waals surface area contributed by atoms with E-state index in [0.29, 0.717) is 28.6 Å². The molecule has 10 heteroatoms. The fourth-order valence-corrected chi connectivity index (χ4v) is 3.45.